The van der Waals surface area contributed by atoms with Crippen LogP contribution >= 0.6 is 0 Å². The molecule has 2 aromatic heterocycles. The van der Waals surface area contributed by atoms with Gasteiger partial charge in [-0.1, -0.05) is 96.6 Å². The summed E-state index contributed by atoms with van der Waals surface area (Å²) in [6.07, 6.45) is 3.32. The lowest BCUT2D eigenvalue weighted by molar-refractivity contribution is 0.270. The van der Waals surface area contributed by atoms with E-state index in [1.165, 1.54) is 16.7 Å². The van der Waals surface area contributed by atoms with Gasteiger partial charge in [-0.05, 0) is 127 Å². The fraction of sp³-hybridized carbons (Fsp3) is 0.102. The van der Waals surface area contributed by atoms with Gasteiger partial charge in [0, 0.05) is 22.5 Å². The van der Waals surface area contributed by atoms with Gasteiger partial charge in [0.15, 0.2) is 0 Å². The van der Waals surface area contributed by atoms with Gasteiger partial charge in [-0.3, -0.25) is 0 Å². The second-order valence-corrected chi connectivity index (χ2v) is 13.5. The van der Waals surface area contributed by atoms with E-state index in [0.29, 0.717) is 13.2 Å². The molecule has 0 fully saturated rings. The molecular weight excluding hydrogens is 667 g/mol. The molecular formula is C49H41NO4. The lowest BCUT2D eigenvalue weighted by Gasteiger charge is -2.33. The molecule has 0 saturated carbocycles. The van der Waals surface area contributed by atoms with E-state index in [2.05, 4.69) is 140 Å². The minimum absolute atomic E-state index is 0.372. The van der Waals surface area contributed by atoms with Crippen molar-refractivity contribution in [2.45, 2.75) is 32.5 Å². The summed E-state index contributed by atoms with van der Waals surface area (Å²) in [5.74, 6) is 3.12. The average molecular weight is 708 g/mol. The van der Waals surface area contributed by atoms with Gasteiger partial charge >= 0.3 is 0 Å². The van der Waals surface area contributed by atoms with E-state index in [-0.39, 0.29) is 0 Å². The fourth-order valence-corrected chi connectivity index (χ4v) is 6.89. The molecule has 0 N–H and O–H groups in total. The standard InChI is InChI=1S/C49H41NO4/c1-36-12-22-42(23-13-36)50(43-24-14-38(15-25-43)37-8-4-3-5-9-37)44-26-16-39(17-27-44)49(2,40-18-28-45(29-19-40)53-34-47-10-6-32-51-47)41-20-30-46(31-21-41)54-35-48-11-7-33-52-48/h3-33H,34-35H2,1-2H3. The Morgan fingerprint density at radius 3 is 1.30 bits per heavy atom. The topological polar surface area (TPSA) is 48.0 Å². The minimum Gasteiger partial charge on any atom is -0.486 e. The lowest BCUT2D eigenvalue weighted by atomic mass is 9.71. The highest BCUT2D eigenvalue weighted by molar-refractivity contribution is 5.78. The van der Waals surface area contributed by atoms with Crippen LogP contribution in [0.25, 0.3) is 11.1 Å². The number of hydrogen-bond acceptors (Lipinski definition) is 5. The number of nitrogens with zero attached hydrogens (tertiary/aromatic N) is 1. The Bertz CT molecular complexity index is 2260. The Morgan fingerprint density at radius 1 is 0.444 bits per heavy atom. The third-order valence-corrected chi connectivity index (χ3v) is 10.0. The monoisotopic (exact) mass is 707 g/mol. The Labute approximate surface area is 316 Å². The molecule has 0 radical (unpaired) electrons. The van der Waals surface area contributed by atoms with Crippen LogP contribution in [0.5, 0.6) is 11.5 Å². The summed E-state index contributed by atoms with van der Waals surface area (Å²) in [4.78, 5) is 2.31. The maximum Gasteiger partial charge on any atom is 0.146 e. The van der Waals surface area contributed by atoms with E-state index in [9.17, 15) is 0 Å². The minimum atomic E-state index is -0.496. The maximum absolute atomic E-state index is 6.05. The first-order chi connectivity index (χ1) is 26.5. The van der Waals surface area contributed by atoms with Crippen molar-refractivity contribution in [3.63, 3.8) is 0 Å². The normalized spacial score (nSPS) is 11.3. The Kier molecular flexibility index (Phi) is 9.86. The molecule has 0 spiro atoms. The zero-order valence-corrected chi connectivity index (χ0v) is 30.4. The third kappa shape index (κ3) is 7.43. The zero-order valence-electron chi connectivity index (χ0n) is 30.4. The summed E-state index contributed by atoms with van der Waals surface area (Å²) in [5.41, 5.74) is 9.79. The van der Waals surface area contributed by atoms with Crippen molar-refractivity contribution in [2.24, 2.45) is 0 Å². The molecule has 0 unspecified atom stereocenters. The van der Waals surface area contributed by atoms with E-state index in [4.69, 9.17) is 18.3 Å². The first-order valence-corrected chi connectivity index (χ1v) is 18.2. The van der Waals surface area contributed by atoms with Crippen molar-refractivity contribution in [1.82, 2.24) is 0 Å². The van der Waals surface area contributed by atoms with Gasteiger partial charge in [0.2, 0.25) is 0 Å². The van der Waals surface area contributed by atoms with Crippen LogP contribution in [0.2, 0.25) is 0 Å². The van der Waals surface area contributed by atoms with Gasteiger partial charge in [-0.25, -0.2) is 0 Å². The van der Waals surface area contributed by atoms with Crippen LogP contribution in [0.3, 0.4) is 0 Å². The molecule has 54 heavy (non-hydrogen) atoms. The third-order valence-electron chi connectivity index (χ3n) is 10.0. The molecule has 0 amide bonds. The fourth-order valence-electron chi connectivity index (χ4n) is 6.89. The van der Waals surface area contributed by atoms with Crippen LogP contribution in [0.1, 0.15) is 40.7 Å². The number of hydrogen-bond donors (Lipinski definition) is 0. The van der Waals surface area contributed by atoms with Crippen LogP contribution in [0, 0.1) is 6.92 Å². The highest BCUT2D eigenvalue weighted by atomic mass is 16.5. The second-order valence-electron chi connectivity index (χ2n) is 13.5. The first-order valence-electron chi connectivity index (χ1n) is 18.2. The number of ether oxygens (including phenoxy) is 2. The van der Waals surface area contributed by atoms with Crippen LogP contribution in [0.15, 0.2) is 197 Å². The summed E-state index contributed by atoms with van der Waals surface area (Å²) in [5, 5.41) is 0. The maximum atomic E-state index is 6.05. The highest BCUT2D eigenvalue weighted by Crippen LogP contribution is 2.42. The molecule has 2 heterocycles. The molecule has 0 aliphatic carbocycles. The van der Waals surface area contributed by atoms with Crippen LogP contribution in [-0.2, 0) is 18.6 Å². The molecule has 8 aromatic rings. The highest BCUT2D eigenvalue weighted by Gasteiger charge is 2.32. The Balaban J connectivity index is 1.13. The largest absolute Gasteiger partial charge is 0.486 e. The van der Waals surface area contributed by atoms with E-state index in [0.717, 1.165) is 56.8 Å². The van der Waals surface area contributed by atoms with Gasteiger partial charge in [-0.15, -0.1) is 0 Å². The van der Waals surface area contributed by atoms with E-state index in [1.54, 1.807) is 12.5 Å². The lowest BCUT2D eigenvalue weighted by Crippen LogP contribution is -2.25. The van der Waals surface area contributed by atoms with E-state index in [1.807, 2.05) is 54.6 Å². The first kappa shape index (κ1) is 34.4. The summed E-state index contributed by atoms with van der Waals surface area (Å²) in [6, 6.07) is 61.2. The van der Waals surface area contributed by atoms with Crippen LogP contribution < -0.4 is 14.4 Å². The predicted octanol–water partition coefficient (Wildman–Crippen LogP) is 12.8. The number of furan rings is 2. The van der Waals surface area contributed by atoms with Gasteiger partial charge in [-0.2, -0.15) is 0 Å². The molecule has 8 rings (SSSR count). The quantitative estimate of drug-likeness (QED) is 0.112. The van der Waals surface area contributed by atoms with E-state index >= 15 is 0 Å². The summed E-state index contributed by atoms with van der Waals surface area (Å²) in [6.45, 7) is 5.14. The molecule has 5 heteroatoms. The molecule has 266 valence electrons. The van der Waals surface area contributed by atoms with Crippen molar-refractivity contribution in [1.29, 1.82) is 0 Å². The smallest absolute Gasteiger partial charge is 0.146 e. The zero-order chi connectivity index (χ0) is 36.7. The van der Waals surface area contributed by atoms with Gasteiger partial charge < -0.3 is 23.2 Å². The summed E-state index contributed by atoms with van der Waals surface area (Å²) >= 11 is 0. The predicted molar refractivity (Wildman–Crippen MR) is 216 cm³/mol. The van der Waals surface area contributed by atoms with Crippen molar-refractivity contribution in [3.8, 4) is 22.6 Å². The number of rotatable bonds is 13. The van der Waals surface area contributed by atoms with Gasteiger partial charge in [0.05, 0.1) is 12.5 Å². The summed E-state index contributed by atoms with van der Waals surface area (Å²) in [7, 11) is 0. The number of benzene rings is 6. The van der Waals surface area contributed by atoms with Crippen LogP contribution in [-0.4, -0.2) is 0 Å². The van der Waals surface area contributed by atoms with Crippen LogP contribution in [0.4, 0.5) is 17.1 Å². The Morgan fingerprint density at radius 2 is 0.852 bits per heavy atom. The SMILES string of the molecule is Cc1ccc(N(c2ccc(-c3ccccc3)cc2)c2ccc(C(C)(c3ccc(OCc4ccco4)cc3)c3ccc(OCc4ccco4)cc3)cc2)cc1. The van der Waals surface area contributed by atoms with E-state index < -0.39 is 5.41 Å². The molecule has 0 saturated heterocycles. The molecule has 0 bridgehead atoms. The molecule has 0 aliphatic heterocycles. The summed E-state index contributed by atoms with van der Waals surface area (Å²) < 4.78 is 23.0. The van der Waals surface area contributed by atoms with Crippen molar-refractivity contribution >= 4 is 17.1 Å². The molecule has 5 nitrogen and oxygen atoms in total. The molecule has 0 aliphatic rings. The van der Waals surface area contributed by atoms with Crippen molar-refractivity contribution in [3.05, 3.63) is 222 Å². The Hall–Kier alpha value is -6.72. The average Bonchev–Trinajstić information content (AvgIpc) is 3.97. The molecule has 0 atom stereocenters. The molecule has 6 aromatic carbocycles. The van der Waals surface area contributed by atoms with Crippen molar-refractivity contribution in [2.75, 3.05) is 4.90 Å². The van der Waals surface area contributed by atoms with Crippen molar-refractivity contribution < 1.29 is 18.3 Å². The van der Waals surface area contributed by atoms with Gasteiger partial charge in [0.25, 0.3) is 0 Å². The second kappa shape index (κ2) is 15.5. The van der Waals surface area contributed by atoms with Gasteiger partial charge in [0.1, 0.15) is 36.2 Å². The number of anilines is 3. The number of aryl methyl sites for hydroxylation is 1.